The molecule has 1 N–H and O–H groups in total. The first-order valence-corrected chi connectivity index (χ1v) is 6.11. The lowest BCUT2D eigenvalue weighted by Gasteiger charge is -2.42. The van der Waals surface area contributed by atoms with Gasteiger partial charge in [0, 0.05) is 43.2 Å². The lowest BCUT2D eigenvalue weighted by atomic mass is 10.1. The smallest absolute Gasteiger partial charge is 0.0312 e. The number of hydrogen-bond acceptors (Lipinski definition) is 3. The van der Waals surface area contributed by atoms with Crippen molar-refractivity contribution in [3.8, 4) is 0 Å². The van der Waals surface area contributed by atoms with Crippen LogP contribution in [0, 0.1) is 0 Å². The van der Waals surface area contributed by atoms with Crippen molar-refractivity contribution in [2.24, 2.45) is 0 Å². The average molecular weight is 186 g/mol. The van der Waals surface area contributed by atoms with Gasteiger partial charge >= 0.3 is 0 Å². The first-order chi connectivity index (χ1) is 5.90. The number of thioether (sulfide) groups is 1. The third kappa shape index (κ3) is 1.78. The van der Waals surface area contributed by atoms with Crippen molar-refractivity contribution in [3.05, 3.63) is 0 Å². The Morgan fingerprint density at radius 3 is 3.33 bits per heavy atom. The number of fused-ring (bicyclic) bond motifs is 1. The number of nitrogens with zero attached hydrogens (tertiary/aromatic N) is 1. The van der Waals surface area contributed by atoms with Gasteiger partial charge in [-0.1, -0.05) is 6.92 Å². The molecule has 2 saturated heterocycles. The van der Waals surface area contributed by atoms with Crippen LogP contribution in [-0.2, 0) is 0 Å². The van der Waals surface area contributed by atoms with E-state index < -0.39 is 0 Å². The van der Waals surface area contributed by atoms with Gasteiger partial charge in [-0.15, -0.1) is 0 Å². The highest BCUT2D eigenvalue weighted by molar-refractivity contribution is 7.99. The topological polar surface area (TPSA) is 15.3 Å². The lowest BCUT2D eigenvalue weighted by Crippen LogP contribution is -2.59. The maximum absolute atomic E-state index is 3.61. The van der Waals surface area contributed by atoms with Crippen molar-refractivity contribution in [1.29, 1.82) is 0 Å². The Morgan fingerprint density at radius 2 is 2.50 bits per heavy atom. The van der Waals surface area contributed by atoms with Crippen LogP contribution >= 0.6 is 11.8 Å². The van der Waals surface area contributed by atoms with E-state index in [1.807, 2.05) is 0 Å². The van der Waals surface area contributed by atoms with Crippen molar-refractivity contribution in [2.75, 3.05) is 31.1 Å². The fraction of sp³-hybridized carbons (Fsp3) is 1.00. The summed E-state index contributed by atoms with van der Waals surface area (Å²) < 4.78 is 0. The third-order valence-corrected chi connectivity index (χ3v) is 4.03. The normalized spacial score (nSPS) is 37.8. The number of hydrogen-bond donors (Lipinski definition) is 1. The Labute approximate surface area is 79.1 Å². The van der Waals surface area contributed by atoms with Gasteiger partial charge in [-0.25, -0.2) is 0 Å². The summed E-state index contributed by atoms with van der Waals surface area (Å²) in [4.78, 5) is 2.67. The van der Waals surface area contributed by atoms with Crippen LogP contribution in [0.15, 0.2) is 0 Å². The average Bonchev–Trinajstić information content (AvgIpc) is 2.17. The fourth-order valence-electron chi connectivity index (χ4n) is 2.04. The van der Waals surface area contributed by atoms with Gasteiger partial charge in [0.05, 0.1) is 0 Å². The van der Waals surface area contributed by atoms with Crippen LogP contribution in [0.1, 0.15) is 13.3 Å². The molecule has 70 valence electrons. The van der Waals surface area contributed by atoms with E-state index in [9.17, 15) is 0 Å². The monoisotopic (exact) mass is 186 g/mol. The first-order valence-electron chi connectivity index (χ1n) is 4.95. The molecule has 12 heavy (non-hydrogen) atoms. The largest absolute Gasteiger partial charge is 0.311 e. The summed E-state index contributed by atoms with van der Waals surface area (Å²) >= 11 is 2.11. The van der Waals surface area contributed by atoms with E-state index in [0.29, 0.717) is 0 Å². The van der Waals surface area contributed by atoms with Crippen LogP contribution in [-0.4, -0.2) is 48.1 Å². The SMILES string of the molecule is CCC1CN2CCSCC2CN1. The minimum absolute atomic E-state index is 0.754. The quantitative estimate of drug-likeness (QED) is 0.652. The minimum Gasteiger partial charge on any atom is -0.311 e. The minimum atomic E-state index is 0.754. The van der Waals surface area contributed by atoms with Gasteiger partial charge in [0.2, 0.25) is 0 Å². The Kier molecular flexibility index (Phi) is 2.94. The summed E-state index contributed by atoms with van der Waals surface area (Å²) in [6, 6.07) is 1.58. The summed E-state index contributed by atoms with van der Waals surface area (Å²) in [6.45, 7) is 6.08. The zero-order valence-corrected chi connectivity index (χ0v) is 8.57. The van der Waals surface area contributed by atoms with E-state index in [1.54, 1.807) is 0 Å². The van der Waals surface area contributed by atoms with Crippen molar-refractivity contribution in [3.63, 3.8) is 0 Å². The maximum atomic E-state index is 3.61. The molecule has 2 unspecified atom stereocenters. The Balaban J connectivity index is 1.90. The molecule has 0 spiro atoms. The predicted molar refractivity (Wildman–Crippen MR) is 54.8 cm³/mol. The molecule has 0 bridgehead atoms. The molecule has 2 rings (SSSR count). The van der Waals surface area contributed by atoms with Gasteiger partial charge in [-0.2, -0.15) is 11.8 Å². The van der Waals surface area contributed by atoms with Crippen molar-refractivity contribution >= 4 is 11.8 Å². The van der Waals surface area contributed by atoms with Crippen LogP contribution in [0.2, 0.25) is 0 Å². The Morgan fingerprint density at radius 1 is 1.58 bits per heavy atom. The molecule has 0 saturated carbocycles. The summed E-state index contributed by atoms with van der Waals surface area (Å²) in [5.74, 6) is 2.68. The molecule has 2 aliphatic rings. The van der Waals surface area contributed by atoms with E-state index in [2.05, 4.69) is 28.9 Å². The molecule has 2 fully saturated rings. The Hall–Kier alpha value is 0.270. The van der Waals surface area contributed by atoms with E-state index in [4.69, 9.17) is 0 Å². The second-order valence-electron chi connectivity index (χ2n) is 3.74. The highest BCUT2D eigenvalue weighted by atomic mass is 32.2. The van der Waals surface area contributed by atoms with Crippen LogP contribution in [0.4, 0.5) is 0 Å². The molecule has 2 heterocycles. The summed E-state index contributed by atoms with van der Waals surface area (Å²) in [5, 5.41) is 3.61. The molecule has 0 aliphatic carbocycles. The Bertz CT molecular complexity index is 151. The highest BCUT2D eigenvalue weighted by Gasteiger charge is 2.28. The van der Waals surface area contributed by atoms with Gasteiger partial charge in [0.25, 0.3) is 0 Å². The second-order valence-corrected chi connectivity index (χ2v) is 4.89. The maximum Gasteiger partial charge on any atom is 0.0312 e. The molecule has 0 aromatic rings. The molecule has 2 atom stereocenters. The van der Waals surface area contributed by atoms with Crippen molar-refractivity contribution in [2.45, 2.75) is 25.4 Å². The summed E-state index contributed by atoms with van der Waals surface area (Å²) in [6.07, 6.45) is 1.27. The molecule has 2 nitrogen and oxygen atoms in total. The molecule has 0 radical (unpaired) electrons. The van der Waals surface area contributed by atoms with Gasteiger partial charge in [0.1, 0.15) is 0 Å². The highest BCUT2D eigenvalue weighted by Crippen LogP contribution is 2.19. The van der Waals surface area contributed by atoms with E-state index in [0.717, 1.165) is 12.1 Å². The molecule has 0 aromatic carbocycles. The number of piperazine rings is 1. The van der Waals surface area contributed by atoms with Gasteiger partial charge in [0.15, 0.2) is 0 Å². The van der Waals surface area contributed by atoms with Gasteiger partial charge < -0.3 is 5.32 Å². The van der Waals surface area contributed by atoms with E-state index in [-0.39, 0.29) is 0 Å². The van der Waals surface area contributed by atoms with Crippen LogP contribution < -0.4 is 5.32 Å². The molecule has 2 aliphatic heterocycles. The van der Waals surface area contributed by atoms with Crippen molar-refractivity contribution < 1.29 is 0 Å². The van der Waals surface area contributed by atoms with Gasteiger partial charge in [-0.05, 0) is 6.42 Å². The molecule has 0 amide bonds. The second kappa shape index (κ2) is 3.99. The summed E-state index contributed by atoms with van der Waals surface area (Å²) in [7, 11) is 0. The fourth-order valence-corrected chi connectivity index (χ4v) is 3.17. The third-order valence-electron chi connectivity index (χ3n) is 2.94. The van der Waals surface area contributed by atoms with E-state index in [1.165, 1.54) is 37.6 Å². The van der Waals surface area contributed by atoms with Crippen LogP contribution in [0.25, 0.3) is 0 Å². The molecule has 0 aromatic heterocycles. The van der Waals surface area contributed by atoms with Crippen molar-refractivity contribution in [1.82, 2.24) is 10.2 Å². The van der Waals surface area contributed by atoms with Gasteiger partial charge in [-0.3, -0.25) is 4.90 Å². The molecule has 3 heteroatoms. The number of nitrogens with one attached hydrogen (secondary N) is 1. The van der Waals surface area contributed by atoms with Crippen LogP contribution in [0.3, 0.4) is 0 Å². The predicted octanol–water partition coefficient (Wildman–Crippen LogP) is 0.786. The molecular formula is C9H18N2S. The standard InChI is InChI=1S/C9H18N2S/c1-2-8-6-11-3-4-12-7-9(11)5-10-8/h8-10H,2-7H2,1H3. The first kappa shape index (κ1) is 8.85. The number of rotatable bonds is 1. The molecular weight excluding hydrogens is 168 g/mol. The zero-order valence-electron chi connectivity index (χ0n) is 7.75. The van der Waals surface area contributed by atoms with Crippen LogP contribution in [0.5, 0.6) is 0 Å². The zero-order chi connectivity index (χ0) is 8.39. The summed E-state index contributed by atoms with van der Waals surface area (Å²) in [5.41, 5.74) is 0. The lowest BCUT2D eigenvalue weighted by molar-refractivity contribution is 0.146. The van der Waals surface area contributed by atoms with E-state index >= 15 is 0 Å².